The second-order valence-electron chi connectivity index (χ2n) is 4.52. The van der Waals surface area contributed by atoms with Gasteiger partial charge in [0.05, 0.1) is 25.5 Å². The lowest BCUT2D eigenvalue weighted by atomic mass is 10.1. The first-order valence-electron chi connectivity index (χ1n) is 6.39. The summed E-state index contributed by atoms with van der Waals surface area (Å²) in [5, 5.41) is 18.5. The van der Waals surface area contributed by atoms with Gasteiger partial charge in [-0.15, -0.1) is 0 Å². The molecule has 0 saturated heterocycles. The molecular weight excluding hydrogens is 244 g/mol. The third kappa shape index (κ3) is 2.60. The summed E-state index contributed by atoms with van der Waals surface area (Å²) in [5.74, 6) is 0.752. The van der Waals surface area contributed by atoms with Crippen LogP contribution in [0.2, 0.25) is 0 Å². The third-order valence-corrected chi connectivity index (χ3v) is 2.92. The van der Waals surface area contributed by atoms with Crippen LogP contribution in [0, 0.1) is 0 Å². The average Bonchev–Trinajstić information content (AvgIpc) is 3.04. The predicted molar refractivity (Wildman–Crippen MR) is 71.1 cm³/mol. The Bertz CT molecular complexity index is 504. The first-order chi connectivity index (χ1) is 9.19. The highest BCUT2D eigenvalue weighted by Gasteiger charge is 2.25. The number of hydrogen-bond acceptors (Lipinski definition) is 5. The number of nitrogens with one attached hydrogen (secondary N) is 2. The van der Waals surface area contributed by atoms with Crippen LogP contribution in [0.4, 0.5) is 0 Å². The molecule has 0 saturated carbocycles. The summed E-state index contributed by atoms with van der Waals surface area (Å²) in [6.07, 6.45) is 3.45. The number of H-pyrrole nitrogens is 1. The Kier molecular flexibility index (Phi) is 4.16. The van der Waals surface area contributed by atoms with Crippen molar-refractivity contribution in [2.45, 2.75) is 32.9 Å². The van der Waals surface area contributed by atoms with E-state index in [9.17, 15) is 0 Å². The quantitative estimate of drug-likeness (QED) is 0.821. The van der Waals surface area contributed by atoms with Crippen LogP contribution in [0.5, 0.6) is 5.75 Å². The first kappa shape index (κ1) is 13.5. The monoisotopic (exact) mass is 264 g/mol. The highest BCUT2D eigenvalue weighted by atomic mass is 16.5. The Morgan fingerprint density at radius 2 is 2.21 bits per heavy atom. The van der Waals surface area contributed by atoms with E-state index in [1.54, 1.807) is 19.5 Å². The van der Waals surface area contributed by atoms with E-state index in [-0.39, 0.29) is 12.1 Å². The first-order valence-corrected chi connectivity index (χ1v) is 6.39. The van der Waals surface area contributed by atoms with E-state index < -0.39 is 0 Å². The molecule has 1 atom stereocenters. The van der Waals surface area contributed by atoms with Crippen molar-refractivity contribution in [1.29, 1.82) is 0 Å². The molecule has 2 N–H and O–H groups in total. The molecule has 2 aromatic heterocycles. The molecule has 104 valence electrons. The van der Waals surface area contributed by atoms with Gasteiger partial charge in [-0.3, -0.25) is 4.68 Å². The third-order valence-electron chi connectivity index (χ3n) is 2.92. The van der Waals surface area contributed by atoms with Crippen molar-refractivity contribution in [2.24, 2.45) is 0 Å². The number of rotatable bonds is 6. The van der Waals surface area contributed by atoms with Gasteiger partial charge < -0.3 is 10.1 Å². The van der Waals surface area contributed by atoms with E-state index in [2.05, 4.69) is 46.6 Å². The van der Waals surface area contributed by atoms with E-state index in [0.29, 0.717) is 0 Å². The highest BCUT2D eigenvalue weighted by molar-refractivity contribution is 5.33. The lowest BCUT2D eigenvalue weighted by Crippen LogP contribution is -2.26. The Morgan fingerprint density at radius 3 is 2.74 bits per heavy atom. The van der Waals surface area contributed by atoms with Crippen LogP contribution >= 0.6 is 0 Å². The molecule has 19 heavy (non-hydrogen) atoms. The van der Waals surface area contributed by atoms with Gasteiger partial charge in [-0.05, 0) is 20.4 Å². The molecule has 7 nitrogen and oxygen atoms in total. The summed E-state index contributed by atoms with van der Waals surface area (Å²) in [6.45, 7) is 7.03. The molecule has 0 aliphatic heterocycles. The van der Waals surface area contributed by atoms with Crippen LogP contribution in [-0.2, 0) is 0 Å². The molecule has 0 bridgehead atoms. The number of nitrogens with zero attached hydrogens (tertiary/aromatic N) is 4. The SMILES string of the molecule is CCNC(c1cn[nH]n1)c1c(OC)cnn1C(C)C. The van der Waals surface area contributed by atoms with Crippen LogP contribution in [0.1, 0.15) is 44.2 Å². The molecule has 0 amide bonds. The van der Waals surface area contributed by atoms with Crippen molar-refractivity contribution >= 4 is 0 Å². The standard InChI is InChI=1S/C12H20N6O/c1-5-13-11(9-6-14-17-16-9)12-10(19-4)7-15-18(12)8(2)3/h6-8,11,13H,5H2,1-4H3,(H,14,16,17). The summed E-state index contributed by atoms with van der Waals surface area (Å²) >= 11 is 0. The molecular formula is C12H20N6O. The molecule has 0 radical (unpaired) electrons. The van der Waals surface area contributed by atoms with E-state index in [1.807, 2.05) is 4.68 Å². The van der Waals surface area contributed by atoms with Crippen molar-refractivity contribution in [1.82, 2.24) is 30.5 Å². The van der Waals surface area contributed by atoms with Crippen molar-refractivity contribution in [3.8, 4) is 5.75 Å². The molecule has 2 heterocycles. The van der Waals surface area contributed by atoms with Crippen LogP contribution < -0.4 is 10.1 Å². The molecule has 0 aromatic carbocycles. The largest absolute Gasteiger partial charge is 0.493 e. The van der Waals surface area contributed by atoms with Gasteiger partial charge in [0.2, 0.25) is 0 Å². The Balaban J connectivity index is 2.49. The minimum Gasteiger partial charge on any atom is -0.493 e. The van der Waals surface area contributed by atoms with E-state index in [0.717, 1.165) is 23.7 Å². The van der Waals surface area contributed by atoms with Gasteiger partial charge in [-0.2, -0.15) is 20.5 Å². The van der Waals surface area contributed by atoms with Gasteiger partial charge >= 0.3 is 0 Å². The smallest absolute Gasteiger partial charge is 0.162 e. The lowest BCUT2D eigenvalue weighted by Gasteiger charge is -2.20. The minimum absolute atomic E-state index is 0.0939. The topological polar surface area (TPSA) is 80.7 Å². The van der Waals surface area contributed by atoms with Gasteiger partial charge in [0.1, 0.15) is 11.4 Å². The molecule has 0 aliphatic rings. The molecule has 0 spiro atoms. The van der Waals surface area contributed by atoms with Crippen molar-refractivity contribution in [3.63, 3.8) is 0 Å². The summed E-state index contributed by atoms with van der Waals surface area (Å²) in [4.78, 5) is 0. The summed E-state index contributed by atoms with van der Waals surface area (Å²) in [6, 6.07) is 0.149. The zero-order valence-corrected chi connectivity index (χ0v) is 11.7. The van der Waals surface area contributed by atoms with Gasteiger partial charge in [0.25, 0.3) is 0 Å². The minimum atomic E-state index is -0.0939. The van der Waals surface area contributed by atoms with Gasteiger partial charge in [0, 0.05) is 6.04 Å². The second-order valence-corrected chi connectivity index (χ2v) is 4.52. The Hall–Kier alpha value is -1.89. The van der Waals surface area contributed by atoms with E-state index in [1.165, 1.54) is 0 Å². The molecule has 2 rings (SSSR count). The maximum absolute atomic E-state index is 5.42. The fourth-order valence-corrected chi connectivity index (χ4v) is 2.09. The summed E-state index contributed by atoms with van der Waals surface area (Å²) < 4.78 is 7.37. The Labute approximate surface area is 112 Å². The van der Waals surface area contributed by atoms with E-state index in [4.69, 9.17) is 4.74 Å². The van der Waals surface area contributed by atoms with Crippen molar-refractivity contribution in [2.75, 3.05) is 13.7 Å². The zero-order chi connectivity index (χ0) is 13.8. The second kappa shape index (κ2) is 5.83. The fraction of sp³-hybridized carbons (Fsp3) is 0.583. The van der Waals surface area contributed by atoms with Crippen LogP contribution in [0.3, 0.4) is 0 Å². The number of aromatic nitrogens is 5. The highest BCUT2D eigenvalue weighted by Crippen LogP contribution is 2.30. The van der Waals surface area contributed by atoms with Crippen molar-refractivity contribution < 1.29 is 4.74 Å². The van der Waals surface area contributed by atoms with Crippen LogP contribution in [0.25, 0.3) is 0 Å². The normalized spacial score (nSPS) is 12.9. The number of hydrogen-bond donors (Lipinski definition) is 2. The predicted octanol–water partition coefficient (Wildman–Crippen LogP) is 1.29. The fourth-order valence-electron chi connectivity index (χ4n) is 2.09. The molecule has 1 unspecified atom stereocenters. The van der Waals surface area contributed by atoms with Gasteiger partial charge in [-0.25, -0.2) is 0 Å². The van der Waals surface area contributed by atoms with Gasteiger partial charge in [-0.1, -0.05) is 6.92 Å². The molecule has 0 aliphatic carbocycles. The van der Waals surface area contributed by atoms with Crippen molar-refractivity contribution in [3.05, 3.63) is 23.8 Å². The van der Waals surface area contributed by atoms with E-state index >= 15 is 0 Å². The lowest BCUT2D eigenvalue weighted by molar-refractivity contribution is 0.393. The zero-order valence-electron chi connectivity index (χ0n) is 11.7. The van der Waals surface area contributed by atoms with Crippen LogP contribution in [-0.4, -0.2) is 38.8 Å². The van der Waals surface area contributed by atoms with Crippen LogP contribution in [0.15, 0.2) is 12.4 Å². The molecule has 2 aromatic rings. The van der Waals surface area contributed by atoms with Gasteiger partial charge in [0.15, 0.2) is 5.75 Å². The number of ether oxygens (including phenoxy) is 1. The summed E-state index contributed by atoms with van der Waals surface area (Å²) in [5.41, 5.74) is 1.79. The number of aromatic amines is 1. The molecule has 7 heteroatoms. The average molecular weight is 264 g/mol. The Morgan fingerprint density at radius 1 is 1.42 bits per heavy atom. The number of methoxy groups -OCH3 is 1. The summed E-state index contributed by atoms with van der Waals surface area (Å²) in [7, 11) is 1.65. The maximum atomic E-state index is 5.42. The molecule has 0 fully saturated rings. The maximum Gasteiger partial charge on any atom is 0.162 e.